The Labute approximate surface area is 184 Å². The quantitative estimate of drug-likeness (QED) is 0.605. The Morgan fingerprint density at radius 3 is 2.06 bits per heavy atom. The summed E-state index contributed by atoms with van der Waals surface area (Å²) in [4.78, 5) is 12.4. The van der Waals surface area contributed by atoms with E-state index in [-0.39, 0.29) is 27.9 Å². The highest BCUT2D eigenvalue weighted by atomic mass is 32.2. The molecule has 0 aliphatic rings. The zero-order chi connectivity index (χ0) is 23.6. The number of rotatable bonds is 6. The molecule has 2 aromatic rings. The topological polar surface area (TPSA) is 119 Å². The van der Waals surface area contributed by atoms with Crippen LogP contribution in [0, 0.1) is 11.3 Å². The lowest BCUT2D eigenvalue weighted by molar-refractivity contribution is 0.0783. The molecule has 0 spiro atoms. The van der Waals surface area contributed by atoms with Crippen LogP contribution in [0.25, 0.3) is 0 Å². The Bertz CT molecular complexity index is 1100. The molecular weight excluding hydrogens is 414 g/mol. The molecule has 2 aromatic carbocycles. The van der Waals surface area contributed by atoms with Crippen LogP contribution < -0.4 is 10.0 Å². The van der Waals surface area contributed by atoms with E-state index in [0.29, 0.717) is 5.69 Å². The van der Waals surface area contributed by atoms with Crippen molar-refractivity contribution < 1.29 is 18.3 Å². The van der Waals surface area contributed by atoms with Crippen LogP contribution in [-0.4, -0.2) is 19.6 Å². The summed E-state index contributed by atoms with van der Waals surface area (Å²) in [6, 6.07) is 10.5. The summed E-state index contributed by atoms with van der Waals surface area (Å²) in [6.07, 6.45) is 0. The van der Waals surface area contributed by atoms with E-state index in [0.717, 1.165) is 17.2 Å². The van der Waals surface area contributed by atoms with Crippen molar-refractivity contribution in [3.05, 3.63) is 58.7 Å². The van der Waals surface area contributed by atoms with E-state index in [9.17, 15) is 23.6 Å². The lowest BCUT2D eigenvalue weighted by atomic mass is 9.93. The molecule has 166 valence electrons. The molecule has 0 atom stereocenters. The molecule has 31 heavy (non-hydrogen) atoms. The van der Waals surface area contributed by atoms with Crippen LogP contribution in [-0.2, 0) is 15.6 Å². The molecule has 3 N–H and O–H groups in total. The molecule has 8 heteroatoms. The van der Waals surface area contributed by atoms with E-state index < -0.39 is 21.7 Å². The van der Waals surface area contributed by atoms with E-state index in [1.807, 2.05) is 56.7 Å². The minimum Gasteiger partial charge on any atom is -0.386 e. The summed E-state index contributed by atoms with van der Waals surface area (Å²) >= 11 is 0. The number of benzene rings is 2. The van der Waals surface area contributed by atoms with Crippen LogP contribution >= 0.6 is 0 Å². The summed E-state index contributed by atoms with van der Waals surface area (Å²) in [6.45, 7) is 10.9. The monoisotopic (exact) mass is 443 g/mol. The van der Waals surface area contributed by atoms with E-state index in [4.69, 9.17) is 0 Å². The third-order valence-electron chi connectivity index (χ3n) is 4.89. The van der Waals surface area contributed by atoms with Crippen molar-refractivity contribution >= 4 is 21.7 Å². The maximum atomic E-state index is 12.9. The molecule has 0 radical (unpaired) electrons. The molecule has 0 saturated carbocycles. The fraction of sp³-hybridized carbons (Fsp3) is 0.391. The number of carbonyl (C=O) groups excluding carboxylic acids is 1. The van der Waals surface area contributed by atoms with Gasteiger partial charge < -0.3 is 10.4 Å². The third kappa shape index (κ3) is 5.84. The van der Waals surface area contributed by atoms with Gasteiger partial charge >= 0.3 is 6.03 Å². The zero-order valence-electron chi connectivity index (χ0n) is 18.6. The van der Waals surface area contributed by atoms with Crippen molar-refractivity contribution in [3.63, 3.8) is 0 Å². The predicted molar refractivity (Wildman–Crippen MR) is 120 cm³/mol. The van der Waals surface area contributed by atoms with Crippen LogP contribution in [0.5, 0.6) is 0 Å². The highest BCUT2D eigenvalue weighted by Crippen LogP contribution is 2.32. The van der Waals surface area contributed by atoms with E-state index in [2.05, 4.69) is 5.32 Å². The minimum atomic E-state index is -4.29. The number of nitrogens with one attached hydrogen (secondary N) is 2. The van der Waals surface area contributed by atoms with Gasteiger partial charge in [-0.1, -0.05) is 45.9 Å². The molecule has 0 bridgehead atoms. The maximum Gasteiger partial charge on any atom is 0.333 e. The van der Waals surface area contributed by atoms with Crippen molar-refractivity contribution in [1.82, 2.24) is 4.72 Å². The highest BCUT2D eigenvalue weighted by molar-refractivity contribution is 7.90. The standard InChI is InChI=1S/C23H29N3O4S/c1-14(2)19-8-7-9-20(15(3)4)21(19)25-22(27)26-31(29,30)18-11-16(13-24)10-17(12-18)23(5,6)28/h7-12,14-15,28H,1-6H3,(H2,25,26,27). The molecule has 0 fully saturated rings. The summed E-state index contributed by atoms with van der Waals surface area (Å²) in [5.41, 5.74) is 1.33. The molecule has 0 unspecified atom stereocenters. The van der Waals surface area contributed by atoms with Crippen LogP contribution in [0.1, 0.15) is 75.6 Å². The first kappa shape index (κ1) is 24.4. The second kappa shape index (κ2) is 9.08. The number of hydrogen-bond acceptors (Lipinski definition) is 5. The van der Waals surface area contributed by atoms with Crippen LogP contribution in [0.15, 0.2) is 41.3 Å². The number of urea groups is 1. The van der Waals surface area contributed by atoms with Gasteiger partial charge in [0.1, 0.15) is 0 Å². The molecule has 0 aromatic heterocycles. The van der Waals surface area contributed by atoms with Crippen molar-refractivity contribution in [2.45, 2.75) is 63.9 Å². The number of sulfonamides is 1. The first-order chi connectivity index (χ1) is 14.3. The lowest BCUT2D eigenvalue weighted by Gasteiger charge is -2.21. The van der Waals surface area contributed by atoms with Gasteiger partial charge in [-0.05, 0) is 60.6 Å². The second-order valence-electron chi connectivity index (χ2n) is 8.60. The Morgan fingerprint density at radius 1 is 1.06 bits per heavy atom. The molecule has 0 aliphatic heterocycles. The molecule has 0 saturated heterocycles. The Balaban J connectivity index is 2.41. The van der Waals surface area contributed by atoms with E-state index in [1.54, 1.807) is 0 Å². The van der Waals surface area contributed by atoms with Crippen molar-refractivity contribution in [1.29, 1.82) is 5.26 Å². The molecule has 2 rings (SSSR count). The summed E-state index contributed by atoms with van der Waals surface area (Å²) < 4.78 is 27.7. The average Bonchev–Trinajstić information content (AvgIpc) is 2.66. The Kier molecular flexibility index (Phi) is 7.14. The van der Waals surface area contributed by atoms with Gasteiger partial charge in [0.2, 0.25) is 0 Å². The molecule has 0 heterocycles. The zero-order valence-corrected chi connectivity index (χ0v) is 19.5. The maximum absolute atomic E-state index is 12.9. The largest absolute Gasteiger partial charge is 0.386 e. The minimum absolute atomic E-state index is 0.0626. The summed E-state index contributed by atoms with van der Waals surface area (Å²) in [7, 11) is -4.29. The second-order valence-corrected chi connectivity index (χ2v) is 10.3. The molecule has 2 amide bonds. The van der Waals surface area contributed by atoms with E-state index >= 15 is 0 Å². The Hall–Kier alpha value is -2.89. The Morgan fingerprint density at radius 2 is 1.61 bits per heavy atom. The van der Waals surface area contributed by atoms with Gasteiger partial charge in [-0.25, -0.2) is 17.9 Å². The fourth-order valence-corrected chi connectivity index (χ4v) is 4.16. The van der Waals surface area contributed by atoms with Crippen LogP contribution in [0.2, 0.25) is 0 Å². The van der Waals surface area contributed by atoms with Gasteiger partial charge in [0.05, 0.1) is 22.1 Å². The average molecular weight is 444 g/mol. The molecule has 0 aliphatic carbocycles. The summed E-state index contributed by atoms with van der Waals surface area (Å²) in [5, 5.41) is 22.2. The SMILES string of the molecule is CC(C)c1cccc(C(C)C)c1NC(=O)NS(=O)(=O)c1cc(C#N)cc(C(C)(C)O)c1. The van der Waals surface area contributed by atoms with Crippen molar-refractivity contribution in [2.75, 3.05) is 5.32 Å². The first-order valence-electron chi connectivity index (χ1n) is 10.0. The number of nitrogens with zero attached hydrogens (tertiary/aromatic N) is 1. The first-order valence-corrected chi connectivity index (χ1v) is 11.5. The number of aliphatic hydroxyl groups is 1. The van der Waals surface area contributed by atoms with Gasteiger partial charge in [-0.3, -0.25) is 0 Å². The third-order valence-corrected chi connectivity index (χ3v) is 6.20. The number of anilines is 1. The molecular formula is C23H29N3O4S. The predicted octanol–water partition coefficient (Wildman–Crippen LogP) is 4.54. The van der Waals surface area contributed by atoms with E-state index in [1.165, 1.54) is 26.0 Å². The van der Waals surface area contributed by atoms with Crippen LogP contribution in [0.4, 0.5) is 10.5 Å². The van der Waals surface area contributed by atoms with Gasteiger partial charge in [-0.15, -0.1) is 0 Å². The fourth-order valence-electron chi connectivity index (χ4n) is 3.19. The number of para-hydroxylation sites is 1. The number of hydrogen-bond donors (Lipinski definition) is 3. The normalized spacial score (nSPS) is 12.0. The van der Waals surface area contributed by atoms with Crippen LogP contribution in [0.3, 0.4) is 0 Å². The van der Waals surface area contributed by atoms with Gasteiger partial charge in [0, 0.05) is 5.69 Å². The van der Waals surface area contributed by atoms with Gasteiger partial charge in [0.25, 0.3) is 10.0 Å². The smallest absolute Gasteiger partial charge is 0.333 e. The number of amides is 2. The van der Waals surface area contributed by atoms with Crippen molar-refractivity contribution in [3.8, 4) is 6.07 Å². The van der Waals surface area contributed by atoms with Crippen molar-refractivity contribution in [2.24, 2.45) is 0 Å². The van der Waals surface area contributed by atoms with Gasteiger partial charge in [0.15, 0.2) is 0 Å². The highest BCUT2D eigenvalue weighted by Gasteiger charge is 2.25. The number of carbonyl (C=O) groups is 1. The molecule has 7 nitrogen and oxygen atoms in total. The summed E-state index contributed by atoms with van der Waals surface area (Å²) in [5.74, 6) is 0.236. The number of nitriles is 1. The lowest BCUT2D eigenvalue weighted by Crippen LogP contribution is -2.35. The van der Waals surface area contributed by atoms with Gasteiger partial charge in [-0.2, -0.15) is 5.26 Å².